The Balaban J connectivity index is 1.51. The maximum Gasteiger partial charge on any atom is 0.253 e. The van der Waals surface area contributed by atoms with Crippen molar-refractivity contribution in [3.05, 3.63) is 52.7 Å². The first-order chi connectivity index (χ1) is 14.1. The number of rotatable bonds is 0. The molecule has 7 nitrogen and oxygen atoms in total. The normalized spacial score (nSPS) is 23.8. The summed E-state index contributed by atoms with van der Waals surface area (Å²) in [5, 5.41) is 3.10. The van der Waals surface area contributed by atoms with E-state index in [4.69, 9.17) is 9.73 Å². The maximum absolute atomic E-state index is 14.1. The minimum atomic E-state index is -0.399. The van der Waals surface area contributed by atoms with Crippen LogP contribution in [0.1, 0.15) is 58.9 Å². The quantitative estimate of drug-likeness (QED) is 0.743. The van der Waals surface area contributed by atoms with Gasteiger partial charge in [-0.05, 0) is 37.8 Å². The second kappa shape index (κ2) is 5.98. The van der Waals surface area contributed by atoms with Crippen molar-refractivity contribution in [1.82, 2.24) is 20.2 Å². The van der Waals surface area contributed by atoms with Crippen molar-refractivity contribution in [3.8, 4) is 5.88 Å². The molecule has 0 aromatic carbocycles. The topological polar surface area (TPSA) is 79.7 Å². The summed E-state index contributed by atoms with van der Waals surface area (Å²) in [7, 11) is 0. The zero-order chi connectivity index (χ0) is 19.6. The average Bonchev–Trinajstić information content (AvgIpc) is 3.13. The second-order valence-corrected chi connectivity index (χ2v) is 8.28. The van der Waals surface area contributed by atoms with Gasteiger partial charge in [0, 0.05) is 23.9 Å². The molecule has 2 aromatic heterocycles. The number of carbonyl (C=O) groups is 1. The Morgan fingerprint density at radius 2 is 2.14 bits per heavy atom. The molecule has 4 aliphatic rings. The van der Waals surface area contributed by atoms with E-state index >= 15 is 0 Å². The van der Waals surface area contributed by atoms with Crippen molar-refractivity contribution in [3.63, 3.8) is 0 Å². The highest BCUT2D eigenvalue weighted by Crippen LogP contribution is 2.41. The van der Waals surface area contributed by atoms with Crippen LogP contribution >= 0.6 is 0 Å². The molecule has 8 heteroatoms. The monoisotopic (exact) mass is 393 g/mol. The molecular weight excluding hydrogens is 373 g/mol. The van der Waals surface area contributed by atoms with Crippen LogP contribution in [-0.4, -0.2) is 45.3 Å². The Labute approximate surface area is 167 Å². The molecule has 148 valence electrons. The average molecular weight is 393 g/mol. The summed E-state index contributed by atoms with van der Waals surface area (Å²) in [6.45, 7) is 1.61. The van der Waals surface area contributed by atoms with Crippen molar-refractivity contribution in [2.24, 2.45) is 4.99 Å². The number of pyridine rings is 2. The third-order valence-corrected chi connectivity index (χ3v) is 6.30. The highest BCUT2D eigenvalue weighted by atomic mass is 19.1. The van der Waals surface area contributed by atoms with E-state index in [0.29, 0.717) is 24.6 Å². The molecule has 5 heterocycles. The van der Waals surface area contributed by atoms with Crippen LogP contribution in [0, 0.1) is 5.82 Å². The number of nitrogens with one attached hydrogen (secondary N) is 1. The van der Waals surface area contributed by atoms with Gasteiger partial charge in [0.15, 0.2) is 0 Å². The van der Waals surface area contributed by atoms with Gasteiger partial charge in [-0.2, -0.15) is 0 Å². The molecule has 3 aliphatic heterocycles. The number of halogens is 1. The standard InChI is InChI=1S/C21H20FN5O2/c22-13-7-15-17-2-1-5-27(17)18-14-6-12(8-23-16(14)10-24-18)19(28)26-21(3-4-21)11-29-20(15)25-9-13/h6-9,17H,1-5,10-11H2,(H,26,28)/t17-/m1/s1. The van der Waals surface area contributed by atoms with E-state index in [1.54, 1.807) is 6.20 Å². The number of aliphatic imine (C=N–C) groups is 1. The van der Waals surface area contributed by atoms with Gasteiger partial charge in [0.2, 0.25) is 5.88 Å². The van der Waals surface area contributed by atoms with Gasteiger partial charge < -0.3 is 15.0 Å². The minimum absolute atomic E-state index is 0.0684. The van der Waals surface area contributed by atoms with Gasteiger partial charge >= 0.3 is 0 Å². The second-order valence-electron chi connectivity index (χ2n) is 8.28. The van der Waals surface area contributed by atoms with E-state index < -0.39 is 5.54 Å². The molecule has 0 unspecified atom stereocenters. The van der Waals surface area contributed by atoms with Crippen LogP contribution in [0.3, 0.4) is 0 Å². The largest absolute Gasteiger partial charge is 0.475 e. The van der Waals surface area contributed by atoms with Crippen molar-refractivity contribution < 1.29 is 13.9 Å². The molecule has 29 heavy (non-hydrogen) atoms. The Bertz CT molecular complexity index is 1070. The number of aromatic nitrogens is 2. The lowest BCUT2D eigenvalue weighted by atomic mass is 10.0. The van der Waals surface area contributed by atoms with E-state index in [9.17, 15) is 9.18 Å². The van der Waals surface area contributed by atoms with Crippen LogP contribution in [0.2, 0.25) is 0 Å². The molecular formula is C21H20FN5O2. The Morgan fingerprint density at radius 1 is 1.24 bits per heavy atom. The van der Waals surface area contributed by atoms with Crippen LogP contribution < -0.4 is 10.1 Å². The molecule has 1 spiro atoms. The smallest absolute Gasteiger partial charge is 0.253 e. The van der Waals surface area contributed by atoms with Crippen LogP contribution in [0.5, 0.6) is 5.88 Å². The number of fused-ring (bicyclic) bond motifs is 5. The Hall–Kier alpha value is -3.03. The van der Waals surface area contributed by atoms with Gasteiger partial charge in [-0.15, -0.1) is 0 Å². The summed E-state index contributed by atoms with van der Waals surface area (Å²) >= 11 is 0. The lowest BCUT2D eigenvalue weighted by Crippen LogP contribution is -2.41. The molecule has 1 aliphatic carbocycles. The first-order valence-electron chi connectivity index (χ1n) is 10.0. The molecule has 1 atom stereocenters. The third-order valence-electron chi connectivity index (χ3n) is 6.30. The van der Waals surface area contributed by atoms with Gasteiger partial charge in [0.25, 0.3) is 5.91 Å². The highest BCUT2D eigenvalue weighted by molar-refractivity contribution is 6.04. The molecule has 0 radical (unpaired) electrons. The zero-order valence-electron chi connectivity index (χ0n) is 15.8. The van der Waals surface area contributed by atoms with E-state index in [0.717, 1.165) is 54.9 Å². The molecule has 2 aromatic rings. The lowest BCUT2D eigenvalue weighted by Gasteiger charge is -2.28. The van der Waals surface area contributed by atoms with Crippen molar-refractivity contribution >= 4 is 11.7 Å². The molecule has 2 bridgehead atoms. The van der Waals surface area contributed by atoms with Crippen LogP contribution in [0.25, 0.3) is 0 Å². The van der Waals surface area contributed by atoms with Crippen LogP contribution in [0.4, 0.5) is 4.39 Å². The minimum Gasteiger partial charge on any atom is -0.475 e. The van der Waals surface area contributed by atoms with E-state index in [1.165, 1.54) is 12.3 Å². The summed E-state index contributed by atoms with van der Waals surface area (Å²) in [4.78, 5) is 28.5. The predicted molar refractivity (Wildman–Crippen MR) is 102 cm³/mol. The molecule has 2 fully saturated rings. The van der Waals surface area contributed by atoms with E-state index in [1.807, 2.05) is 6.07 Å². The summed E-state index contributed by atoms with van der Waals surface area (Å²) < 4.78 is 20.2. The van der Waals surface area contributed by atoms with Crippen molar-refractivity contribution in [2.75, 3.05) is 13.2 Å². The maximum atomic E-state index is 14.1. The number of amides is 1. The fourth-order valence-corrected chi connectivity index (χ4v) is 4.54. The lowest BCUT2D eigenvalue weighted by molar-refractivity contribution is 0.0911. The highest BCUT2D eigenvalue weighted by Gasteiger charge is 2.46. The molecule has 6 rings (SSSR count). The number of nitrogens with zero attached hydrogens (tertiary/aromatic N) is 4. The number of carbonyl (C=O) groups excluding carboxylic acids is 1. The first-order valence-corrected chi connectivity index (χ1v) is 10.0. The van der Waals surface area contributed by atoms with Crippen molar-refractivity contribution in [1.29, 1.82) is 0 Å². The molecule has 1 saturated carbocycles. The van der Waals surface area contributed by atoms with Crippen molar-refractivity contribution in [2.45, 2.75) is 43.8 Å². The number of ether oxygens (including phenoxy) is 1. The summed E-state index contributed by atoms with van der Waals surface area (Å²) in [5.74, 6) is 0.722. The number of hydrogen-bond donors (Lipinski definition) is 1. The molecule has 1 amide bonds. The van der Waals surface area contributed by atoms with E-state index in [2.05, 4.69) is 20.2 Å². The fourth-order valence-electron chi connectivity index (χ4n) is 4.54. The fraction of sp³-hybridized carbons (Fsp3) is 0.429. The summed E-state index contributed by atoms with van der Waals surface area (Å²) in [5.41, 5.74) is 2.63. The zero-order valence-corrected chi connectivity index (χ0v) is 15.8. The molecule has 1 saturated heterocycles. The SMILES string of the molecule is O=C1NC2(CC2)COc2ncc(F)cc2[C@H]2CCCN2C2=NCc3ncc1cc32. The van der Waals surface area contributed by atoms with Gasteiger partial charge in [0.1, 0.15) is 18.3 Å². The third kappa shape index (κ3) is 2.69. The molecule has 1 N–H and O–H groups in total. The van der Waals surface area contributed by atoms with Gasteiger partial charge in [-0.3, -0.25) is 14.8 Å². The van der Waals surface area contributed by atoms with E-state index in [-0.39, 0.29) is 17.8 Å². The predicted octanol–water partition coefficient (Wildman–Crippen LogP) is 2.37. The number of hydrogen-bond acceptors (Lipinski definition) is 6. The summed E-state index contributed by atoms with van der Waals surface area (Å²) in [6, 6.07) is 3.34. The van der Waals surface area contributed by atoms with Gasteiger partial charge in [0.05, 0.1) is 35.6 Å². The Morgan fingerprint density at radius 3 is 3.00 bits per heavy atom. The summed E-state index contributed by atoms with van der Waals surface area (Å²) in [6.07, 6.45) is 6.33. The number of amidine groups is 1. The Kier molecular flexibility index (Phi) is 3.48. The first kappa shape index (κ1) is 16.9. The van der Waals surface area contributed by atoms with Crippen LogP contribution in [0.15, 0.2) is 29.5 Å². The van der Waals surface area contributed by atoms with Gasteiger partial charge in [-0.25, -0.2) is 9.37 Å². The van der Waals surface area contributed by atoms with Gasteiger partial charge in [-0.1, -0.05) is 0 Å². The van der Waals surface area contributed by atoms with Crippen LogP contribution in [-0.2, 0) is 6.54 Å².